The number of Topliss-reactive ketones (excluding diaryl/α,β-unsaturated/α-hetero) is 1. The lowest BCUT2D eigenvalue weighted by atomic mass is 10.1. The van der Waals surface area contributed by atoms with Crippen LogP contribution in [0.25, 0.3) is 0 Å². The van der Waals surface area contributed by atoms with E-state index in [1.807, 2.05) is 36.4 Å². The lowest BCUT2D eigenvalue weighted by molar-refractivity contribution is 0.101. The molecule has 6 heteroatoms. The van der Waals surface area contributed by atoms with Gasteiger partial charge in [-0.3, -0.25) is 4.79 Å². The molecule has 2 aromatic carbocycles. The maximum absolute atomic E-state index is 11.3. The number of carbonyl (C=O) groups excluding carboxylic acids is 1. The van der Waals surface area contributed by atoms with E-state index in [0.29, 0.717) is 22.2 Å². The molecule has 24 heavy (non-hydrogen) atoms. The Bertz CT molecular complexity index is 865. The predicted molar refractivity (Wildman–Crippen MR) is 96.5 cm³/mol. The summed E-state index contributed by atoms with van der Waals surface area (Å²) in [6.07, 6.45) is 1.47. The van der Waals surface area contributed by atoms with Gasteiger partial charge in [0.1, 0.15) is 18.0 Å². The molecule has 0 spiro atoms. The van der Waals surface area contributed by atoms with E-state index >= 15 is 0 Å². The molecule has 2 N–H and O–H groups in total. The van der Waals surface area contributed by atoms with Crippen LogP contribution in [0, 0.1) is 0 Å². The van der Waals surface area contributed by atoms with Gasteiger partial charge in [-0.25, -0.2) is 9.97 Å². The number of hydrogen-bond acceptors (Lipinski definition) is 5. The van der Waals surface area contributed by atoms with Gasteiger partial charge in [0.2, 0.25) is 0 Å². The zero-order valence-corrected chi connectivity index (χ0v) is 13.7. The molecule has 0 fully saturated rings. The summed E-state index contributed by atoms with van der Waals surface area (Å²) >= 11 is 5.98. The van der Waals surface area contributed by atoms with Crippen molar-refractivity contribution in [2.45, 2.75) is 6.92 Å². The van der Waals surface area contributed by atoms with E-state index in [1.54, 1.807) is 25.1 Å². The van der Waals surface area contributed by atoms with Gasteiger partial charge < -0.3 is 10.6 Å². The maximum Gasteiger partial charge on any atom is 0.159 e. The van der Waals surface area contributed by atoms with Crippen molar-refractivity contribution in [3.8, 4) is 0 Å². The molecule has 3 aromatic rings. The van der Waals surface area contributed by atoms with Crippen LogP contribution in [0.5, 0.6) is 0 Å². The van der Waals surface area contributed by atoms with Crippen LogP contribution in [0.3, 0.4) is 0 Å². The van der Waals surface area contributed by atoms with Crippen molar-refractivity contribution < 1.29 is 4.79 Å². The van der Waals surface area contributed by atoms with E-state index in [4.69, 9.17) is 11.6 Å². The lowest BCUT2D eigenvalue weighted by Gasteiger charge is -2.09. The Labute approximate surface area is 144 Å². The molecule has 120 valence electrons. The van der Waals surface area contributed by atoms with Crippen molar-refractivity contribution >= 4 is 40.4 Å². The predicted octanol–water partition coefficient (Wildman–Crippen LogP) is 4.82. The standard InChI is InChI=1S/C18H15ClN4O/c1-12(24)13-5-7-15(8-6-13)22-17-10-18(21-11-20-17)23-16-4-2-3-14(19)9-16/h2-11H,1H3,(H2,20,21,22,23). The smallest absolute Gasteiger partial charge is 0.159 e. The van der Waals surface area contributed by atoms with Crippen molar-refractivity contribution in [1.82, 2.24) is 9.97 Å². The first kappa shape index (κ1) is 16.0. The monoisotopic (exact) mass is 338 g/mol. The molecular formula is C18H15ClN4O. The molecule has 0 aliphatic rings. The molecule has 0 aliphatic carbocycles. The van der Waals surface area contributed by atoms with Gasteiger partial charge in [0.25, 0.3) is 0 Å². The number of hydrogen-bond donors (Lipinski definition) is 2. The molecule has 0 aliphatic heterocycles. The molecular weight excluding hydrogens is 324 g/mol. The molecule has 1 aromatic heterocycles. The molecule has 0 radical (unpaired) electrons. The average Bonchev–Trinajstić information content (AvgIpc) is 2.56. The quantitative estimate of drug-likeness (QED) is 0.653. The summed E-state index contributed by atoms with van der Waals surface area (Å²) in [5.74, 6) is 1.33. The number of carbonyl (C=O) groups is 1. The van der Waals surface area contributed by atoms with Crippen LogP contribution in [0.15, 0.2) is 60.9 Å². The Morgan fingerprint density at radius 1 is 0.917 bits per heavy atom. The Morgan fingerprint density at radius 2 is 1.58 bits per heavy atom. The minimum Gasteiger partial charge on any atom is -0.340 e. The van der Waals surface area contributed by atoms with Gasteiger partial charge in [-0.2, -0.15) is 0 Å². The molecule has 0 unspecified atom stereocenters. The molecule has 0 atom stereocenters. The second-order valence-electron chi connectivity index (χ2n) is 5.18. The summed E-state index contributed by atoms with van der Waals surface area (Å²) in [5, 5.41) is 7.00. The SMILES string of the molecule is CC(=O)c1ccc(Nc2cc(Nc3cccc(Cl)c3)ncn2)cc1. The number of benzene rings is 2. The molecule has 1 heterocycles. The fourth-order valence-electron chi connectivity index (χ4n) is 2.14. The number of nitrogens with zero attached hydrogens (tertiary/aromatic N) is 2. The number of aromatic nitrogens is 2. The third-order valence-corrected chi connectivity index (χ3v) is 3.56. The number of nitrogens with one attached hydrogen (secondary N) is 2. The highest BCUT2D eigenvalue weighted by atomic mass is 35.5. The first-order valence-corrected chi connectivity index (χ1v) is 7.70. The summed E-state index contributed by atoms with van der Waals surface area (Å²) in [7, 11) is 0. The maximum atomic E-state index is 11.3. The number of ketones is 1. The van der Waals surface area contributed by atoms with Crippen LogP contribution in [-0.2, 0) is 0 Å². The van der Waals surface area contributed by atoms with Crippen molar-refractivity contribution in [3.05, 3.63) is 71.5 Å². The van der Waals surface area contributed by atoms with E-state index in [1.165, 1.54) is 6.33 Å². The van der Waals surface area contributed by atoms with Gasteiger partial charge in [-0.15, -0.1) is 0 Å². The molecule has 0 saturated carbocycles. The first-order chi connectivity index (χ1) is 11.6. The minimum atomic E-state index is 0.0385. The number of halogens is 1. The lowest BCUT2D eigenvalue weighted by Crippen LogP contribution is -1.99. The largest absolute Gasteiger partial charge is 0.340 e. The fraction of sp³-hybridized carbons (Fsp3) is 0.0556. The second-order valence-corrected chi connectivity index (χ2v) is 5.62. The van der Waals surface area contributed by atoms with Crippen molar-refractivity contribution in [1.29, 1.82) is 0 Å². The van der Waals surface area contributed by atoms with Crippen LogP contribution in [0.2, 0.25) is 5.02 Å². The van der Waals surface area contributed by atoms with Crippen molar-refractivity contribution in [2.24, 2.45) is 0 Å². The summed E-state index contributed by atoms with van der Waals surface area (Å²) in [6.45, 7) is 1.54. The Kier molecular flexibility index (Phi) is 4.72. The Hall–Kier alpha value is -2.92. The van der Waals surface area contributed by atoms with Gasteiger partial charge in [0.05, 0.1) is 0 Å². The Balaban J connectivity index is 1.74. The number of anilines is 4. The zero-order valence-electron chi connectivity index (χ0n) is 13.0. The molecule has 0 saturated heterocycles. The summed E-state index contributed by atoms with van der Waals surface area (Å²) in [5.41, 5.74) is 2.36. The molecule has 5 nitrogen and oxygen atoms in total. The zero-order chi connectivity index (χ0) is 16.9. The third kappa shape index (κ3) is 4.08. The summed E-state index contributed by atoms with van der Waals surface area (Å²) in [6, 6.07) is 16.4. The summed E-state index contributed by atoms with van der Waals surface area (Å²) in [4.78, 5) is 19.7. The van der Waals surface area contributed by atoms with E-state index in [-0.39, 0.29) is 5.78 Å². The van der Waals surface area contributed by atoms with E-state index < -0.39 is 0 Å². The van der Waals surface area contributed by atoms with Gasteiger partial charge in [0.15, 0.2) is 5.78 Å². The van der Waals surface area contributed by atoms with Crippen molar-refractivity contribution in [3.63, 3.8) is 0 Å². The highest BCUT2D eigenvalue weighted by molar-refractivity contribution is 6.30. The van der Waals surface area contributed by atoms with Crippen LogP contribution >= 0.6 is 11.6 Å². The first-order valence-electron chi connectivity index (χ1n) is 7.33. The van der Waals surface area contributed by atoms with Gasteiger partial charge >= 0.3 is 0 Å². The topological polar surface area (TPSA) is 66.9 Å². The van der Waals surface area contributed by atoms with Crippen LogP contribution < -0.4 is 10.6 Å². The summed E-state index contributed by atoms with van der Waals surface area (Å²) < 4.78 is 0. The highest BCUT2D eigenvalue weighted by Gasteiger charge is 2.03. The number of rotatable bonds is 5. The van der Waals surface area contributed by atoms with Crippen molar-refractivity contribution in [2.75, 3.05) is 10.6 Å². The average molecular weight is 339 g/mol. The highest BCUT2D eigenvalue weighted by Crippen LogP contribution is 2.21. The minimum absolute atomic E-state index is 0.0385. The van der Waals surface area contributed by atoms with Gasteiger partial charge in [-0.1, -0.05) is 17.7 Å². The van der Waals surface area contributed by atoms with E-state index in [2.05, 4.69) is 20.6 Å². The van der Waals surface area contributed by atoms with Gasteiger partial charge in [-0.05, 0) is 49.4 Å². The van der Waals surface area contributed by atoms with Gasteiger partial charge in [0, 0.05) is 28.0 Å². The van der Waals surface area contributed by atoms with Crippen LogP contribution in [-0.4, -0.2) is 15.8 Å². The second kappa shape index (κ2) is 7.10. The van der Waals surface area contributed by atoms with E-state index in [0.717, 1.165) is 11.4 Å². The molecule has 0 amide bonds. The molecule has 3 rings (SSSR count). The normalized spacial score (nSPS) is 10.2. The van der Waals surface area contributed by atoms with Crippen LogP contribution in [0.1, 0.15) is 17.3 Å². The molecule has 0 bridgehead atoms. The van der Waals surface area contributed by atoms with E-state index in [9.17, 15) is 4.79 Å². The third-order valence-electron chi connectivity index (χ3n) is 3.33. The fourth-order valence-corrected chi connectivity index (χ4v) is 2.33. The Morgan fingerprint density at radius 3 is 2.21 bits per heavy atom. The van der Waals surface area contributed by atoms with Crippen LogP contribution in [0.4, 0.5) is 23.0 Å².